The standard InChI is InChI=1S/C32H36N6O3/c1-20-17-22(10-15-27(20)38-16-6-9-28(38)39)25-18-33-30(37-31(40)21-7-4-3-5-8-21)26-19-34-32(36-29(25)26)35-23-11-13-24(41-2)14-12-23/h3-5,7-8,10,15,17-20,23-24,27H,6,9,11-14,16H2,1-2H3,(H,33,37,40)(H,34,35,36)/t20?,23-,24-,27?. The van der Waals surface area contributed by atoms with Crippen molar-refractivity contribution in [2.24, 2.45) is 5.92 Å². The summed E-state index contributed by atoms with van der Waals surface area (Å²) in [7, 11) is 1.77. The van der Waals surface area contributed by atoms with E-state index in [-0.39, 0.29) is 29.8 Å². The van der Waals surface area contributed by atoms with Crippen molar-refractivity contribution < 1.29 is 14.3 Å². The van der Waals surface area contributed by atoms with Crippen LogP contribution in [0.5, 0.6) is 0 Å². The minimum atomic E-state index is -0.243. The summed E-state index contributed by atoms with van der Waals surface area (Å²) in [6, 6.07) is 9.39. The van der Waals surface area contributed by atoms with Crippen molar-refractivity contribution >= 4 is 40.1 Å². The van der Waals surface area contributed by atoms with Crippen molar-refractivity contribution in [1.29, 1.82) is 0 Å². The first kappa shape index (κ1) is 27.1. The molecule has 3 heterocycles. The number of likely N-dealkylation sites (tertiary alicyclic amines) is 1. The molecule has 9 nitrogen and oxygen atoms in total. The van der Waals surface area contributed by atoms with Crippen molar-refractivity contribution in [2.45, 2.75) is 63.6 Å². The summed E-state index contributed by atoms with van der Waals surface area (Å²) in [5, 5.41) is 7.15. The smallest absolute Gasteiger partial charge is 0.256 e. The Kier molecular flexibility index (Phi) is 7.78. The SMILES string of the molecule is CO[C@H]1CC[C@H](Nc2ncc3c(NC(=O)c4ccccc4)ncc(C4=CC(C)C(N5CCCC5=O)C=C4)c3n2)CC1. The normalized spacial score (nSPS) is 24.4. The van der Waals surface area contributed by atoms with E-state index in [1.54, 1.807) is 31.6 Å². The van der Waals surface area contributed by atoms with Crippen molar-refractivity contribution in [3.63, 3.8) is 0 Å². The Morgan fingerprint density at radius 3 is 2.59 bits per heavy atom. The predicted octanol–water partition coefficient (Wildman–Crippen LogP) is 5.23. The highest BCUT2D eigenvalue weighted by molar-refractivity contribution is 6.09. The molecular formula is C32H36N6O3. The summed E-state index contributed by atoms with van der Waals surface area (Å²) >= 11 is 0. The molecule has 2 unspecified atom stereocenters. The van der Waals surface area contributed by atoms with Gasteiger partial charge in [0.2, 0.25) is 11.9 Å². The van der Waals surface area contributed by atoms with E-state index in [9.17, 15) is 9.59 Å². The zero-order valence-electron chi connectivity index (χ0n) is 23.5. The Balaban J connectivity index is 1.33. The molecule has 2 aromatic heterocycles. The molecule has 212 valence electrons. The molecule has 3 aromatic rings. The number of amides is 2. The molecule has 0 bridgehead atoms. The van der Waals surface area contributed by atoms with Crippen LogP contribution in [0.2, 0.25) is 0 Å². The van der Waals surface area contributed by atoms with Crippen LogP contribution in [0.4, 0.5) is 11.8 Å². The van der Waals surface area contributed by atoms with Gasteiger partial charge in [-0.1, -0.05) is 43.4 Å². The minimum absolute atomic E-state index is 0.0477. The quantitative estimate of drug-likeness (QED) is 0.413. The molecule has 1 aliphatic heterocycles. The fraction of sp³-hybridized carbons (Fsp3) is 0.406. The van der Waals surface area contributed by atoms with Crippen LogP contribution in [0.15, 0.2) is 61.0 Å². The van der Waals surface area contributed by atoms with E-state index in [0.717, 1.165) is 49.8 Å². The van der Waals surface area contributed by atoms with Crippen LogP contribution in [0.25, 0.3) is 16.5 Å². The van der Waals surface area contributed by atoms with Gasteiger partial charge in [-0.25, -0.2) is 15.0 Å². The van der Waals surface area contributed by atoms with Gasteiger partial charge < -0.3 is 20.3 Å². The lowest BCUT2D eigenvalue weighted by atomic mass is 9.89. The molecular weight excluding hydrogens is 516 g/mol. The number of nitrogens with one attached hydrogen (secondary N) is 2. The number of benzene rings is 1. The number of rotatable bonds is 7. The van der Waals surface area contributed by atoms with Gasteiger partial charge in [-0.05, 0) is 55.7 Å². The Labute approximate surface area is 240 Å². The minimum Gasteiger partial charge on any atom is -0.381 e. The summed E-state index contributed by atoms with van der Waals surface area (Å²) in [6.45, 7) is 2.94. The molecule has 41 heavy (non-hydrogen) atoms. The highest BCUT2D eigenvalue weighted by Gasteiger charge is 2.31. The van der Waals surface area contributed by atoms with Gasteiger partial charge in [0.25, 0.3) is 5.91 Å². The van der Waals surface area contributed by atoms with Gasteiger partial charge in [-0.2, -0.15) is 0 Å². The topological polar surface area (TPSA) is 109 Å². The summed E-state index contributed by atoms with van der Waals surface area (Å²) < 4.78 is 5.53. The zero-order valence-corrected chi connectivity index (χ0v) is 23.5. The molecule has 2 atom stereocenters. The second kappa shape index (κ2) is 11.8. The first-order valence-electron chi connectivity index (χ1n) is 14.5. The highest BCUT2D eigenvalue weighted by atomic mass is 16.5. The lowest BCUT2D eigenvalue weighted by molar-refractivity contribution is -0.129. The number of allylic oxidation sites excluding steroid dienone is 2. The van der Waals surface area contributed by atoms with Gasteiger partial charge in [0.05, 0.1) is 23.0 Å². The largest absolute Gasteiger partial charge is 0.381 e. The number of hydrogen-bond donors (Lipinski definition) is 2. The summed E-state index contributed by atoms with van der Waals surface area (Å²) in [6.07, 6.45) is 15.7. The third-order valence-electron chi connectivity index (χ3n) is 8.47. The van der Waals surface area contributed by atoms with Gasteiger partial charge in [0.1, 0.15) is 5.82 Å². The van der Waals surface area contributed by atoms with Gasteiger partial charge in [0, 0.05) is 49.6 Å². The molecule has 1 saturated carbocycles. The second-order valence-electron chi connectivity index (χ2n) is 11.2. The van der Waals surface area contributed by atoms with Gasteiger partial charge >= 0.3 is 0 Å². The molecule has 2 amide bonds. The maximum Gasteiger partial charge on any atom is 0.256 e. The van der Waals surface area contributed by atoms with Crippen LogP contribution in [0.3, 0.4) is 0 Å². The van der Waals surface area contributed by atoms with Crippen molar-refractivity contribution in [1.82, 2.24) is 19.9 Å². The number of nitrogens with zero attached hydrogens (tertiary/aromatic N) is 4. The average molecular weight is 553 g/mol. The third-order valence-corrected chi connectivity index (χ3v) is 8.47. The van der Waals surface area contributed by atoms with Crippen LogP contribution in [-0.2, 0) is 9.53 Å². The summed E-state index contributed by atoms with van der Waals surface area (Å²) in [4.78, 5) is 41.6. The molecule has 2 fully saturated rings. The summed E-state index contributed by atoms with van der Waals surface area (Å²) in [5.41, 5.74) is 3.11. The Hall–Kier alpha value is -4.11. The number of fused-ring (bicyclic) bond motifs is 1. The number of hydrogen-bond acceptors (Lipinski definition) is 7. The first-order valence-corrected chi connectivity index (χ1v) is 14.5. The highest BCUT2D eigenvalue weighted by Crippen LogP contribution is 2.34. The van der Waals surface area contributed by atoms with Crippen LogP contribution in [0, 0.1) is 5.92 Å². The fourth-order valence-electron chi connectivity index (χ4n) is 6.16. The number of ether oxygens (including phenoxy) is 1. The van der Waals surface area contributed by atoms with E-state index >= 15 is 0 Å². The Bertz CT molecular complexity index is 1500. The Morgan fingerprint density at radius 2 is 1.88 bits per heavy atom. The predicted molar refractivity (Wildman–Crippen MR) is 159 cm³/mol. The molecule has 6 rings (SSSR count). The van der Waals surface area contributed by atoms with Gasteiger partial charge in [0.15, 0.2) is 0 Å². The van der Waals surface area contributed by atoms with Gasteiger partial charge in [-0.15, -0.1) is 0 Å². The van der Waals surface area contributed by atoms with E-state index in [4.69, 9.17) is 9.72 Å². The fourth-order valence-corrected chi connectivity index (χ4v) is 6.16. The van der Waals surface area contributed by atoms with E-state index in [1.165, 1.54) is 0 Å². The van der Waals surface area contributed by atoms with Crippen LogP contribution >= 0.6 is 0 Å². The number of methoxy groups -OCH3 is 1. The number of pyridine rings is 1. The lowest BCUT2D eigenvalue weighted by Gasteiger charge is -2.31. The van der Waals surface area contributed by atoms with Gasteiger partial charge in [-0.3, -0.25) is 9.59 Å². The molecule has 2 aliphatic carbocycles. The maximum absolute atomic E-state index is 13.0. The molecule has 9 heteroatoms. The zero-order chi connectivity index (χ0) is 28.3. The van der Waals surface area contributed by atoms with E-state index < -0.39 is 0 Å². The monoisotopic (exact) mass is 552 g/mol. The molecule has 3 aliphatic rings. The van der Waals surface area contributed by atoms with Crippen LogP contribution < -0.4 is 10.6 Å². The lowest BCUT2D eigenvalue weighted by Crippen LogP contribution is -2.39. The number of carbonyl (C=O) groups is 2. The van der Waals surface area contributed by atoms with E-state index in [0.29, 0.717) is 40.8 Å². The number of carbonyl (C=O) groups excluding carboxylic acids is 2. The maximum atomic E-state index is 13.0. The van der Waals surface area contributed by atoms with Crippen molar-refractivity contribution in [2.75, 3.05) is 24.3 Å². The molecule has 2 N–H and O–H groups in total. The number of aromatic nitrogens is 3. The molecule has 1 aromatic carbocycles. The van der Waals surface area contributed by atoms with E-state index in [1.807, 2.05) is 23.1 Å². The summed E-state index contributed by atoms with van der Waals surface area (Å²) in [5.74, 6) is 1.09. The average Bonchev–Trinajstić information content (AvgIpc) is 3.43. The number of anilines is 2. The second-order valence-corrected chi connectivity index (χ2v) is 11.2. The van der Waals surface area contributed by atoms with Crippen molar-refractivity contribution in [3.8, 4) is 0 Å². The van der Waals surface area contributed by atoms with E-state index in [2.05, 4.69) is 45.8 Å². The Morgan fingerprint density at radius 1 is 1.07 bits per heavy atom. The van der Waals surface area contributed by atoms with Crippen LogP contribution in [-0.4, -0.2) is 63.5 Å². The first-order chi connectivity index (χ1) is 20.0. The van der Waals surface area contributed by atoms with Crippen LogP contribution in [0.1, 0.15) is 61.4 Å². The molecule has 0 radical (unpaired) electrons. The van der Waals surface area contributed by atoms with Crippen molar-refractivity contribution in [3.05, 3.63) is 72.1 Å². The third kappa shape index (κ3) is 5.72. The molecule has 1 saturated heterocycles. The molecule has 0 spiro atoms.